The molecule has 4 nitrogen and oxygen atoms in total. The van der Waals surface area contributed by atoms with Gasteiger partial charge < -0.3 is 4.74 Å². The lowest BCUT2D eigenvalue weighted by atomic mass is 10.1. The Kier molecular flexibility index (Phi) is 4.69. The lowest BCUT2D eigenvalue weighted by Gasteiger charge is -2.07. The highest BCUT2D eigenvalue weighted by Gasteiger charge is 2.61. The zero-order chi connectivity index (χ0) is 15.8. The molecule has 1 aliphatic rings. The molecule has 1 aliphatic carbocycles. The van der Waals surface area contributed by atoms with Crippen molar-refractivity contribution in [3.8, 4) is 0 Å². The summed E-state index contributed by atoms with van der Waals surface area (Å²) in [7, 11) is 0. The van der Waals surface area contributed by atoms with Gasteiger partial charge >= 0.3 is 5.97 Å². The number of carbonyl (C=O) groups excluding carboxylic acids is 1. The number of hydrogen-bond donors (Lipinski definition) is 0. The van der Waals surface area contributed by atoms with Crippen LogP contribution in [0.15, 0.2) is 16.6 Å². The van der Waals surface area contributed by atoms with E-state index in [1.807, 2.05) is 38.4 Å². The minimum absolute atomic E-state index is 0.0451. The summed E-state index contributed by atoms with van der Waals surface area (Å²) in [5.41, 5.74) is 1.87. The van der Waals surface area contributed by atoms with E-state index in [1.54, 1.807) is 6.08 Å². The van der Waals surface area contributed by atoms with Crippen LogP contribution in [0.3, 0.4) is 0 Å². The number of hydrogen-bond acceptors (Lipinski definition) is 3. The quantitative estimate of drug-likeness (QED) is 0.774. The van der Waals surface area contributed by atoms with Gasteiger partial charge in [-0.05, 0) is 37.3 Å². The Hall–Kier alpha value is -1.000. The highest BCUT2D eigenvalue weighted by molar-refractivity contribution is 6.55. The summed E-state index contributed by atoms with van der Waals surface area (Å²) in [6.45, 7) is 8.83. The molecule has 0 aromatic carbocycles. The fraction of sp³-hybridized carbons (Fsp3) is 0.600. The summed E-state index contributed by atoms with van der Waals surface area (Å²) in [6.07, 6.45) is 1.72. The van der Waals surface area contributed by atoms with Crippen molar-refractivity contribution in [1.29, 1.82) is 0 Å². The molecule has 1 aromatic heterocycles. The van der Waals surface area contributed by atoms with E-state index in [-0.39, 0.29) is 27.7 Å². The molecule has 2 atom stereocenters. The Morgan fingerprint density at radius 2 is 2.14 bits per heavy atom. The molecule has 0 saturated heterocycles. The van der Waals surface area contributed by atoms with Crippen molar-refractivity contribution in [2.45, 2.75) is 34.2 Å². The minimum Gasteiger partial charge on any atom is -0.463 e. The molecule has 116 valence electrons. The molecule has 1 heterocycles. The maximum atomic E-state index is 12.1. The van der Waals surface area contributed by atoms with Crippen LogP contribution in [0.2, 0.25) is 0 Å². The molecule has 1 saturated carbocycles. The number of ether oxygens (including phenoxy) is 1. The number of carbonyl (C=O) groups is 1. The predicted octanol–water partition coefficient (Wildman–Crippen LogP) is 3.63. The Morgan fingerprint density at radius 3 is 2.67 bits per heavy atom. The van der Waals surface area contributed by atoms with E-state index >= 15 is 0 Å². The van der Waals surface area contributed by atoms with Gasteiger partial charge in [-0.25, -0.2) is 0 Å². The molecule has 1 fully saturated rings. The summed E-state index contributed by atoms with van der Waals surface area (Å²) in [5.74, 6) is -0.327. The van der Waals surface area contributed by atoms with E-state index in [9.17, 15) is 4.79 Å². The van der Waals surface area contributed by atoms with Crippen LogP contribution in [0.25, 0.3) is 0 Å². The Labute approximate surface area is 135 Å². The van der Waals surface area contributed by atoms with Gasteiger partial charge in [-0.1, -0.05) is 37.0 Å². The fourth-order valence-corrected chi connectivity index (χ4v) is 3.07. The maximum absolute atomic E-state index is 12.1. The SMILES string of the molecule is Cc1cc(C)n(CCOC(=O)[C@@H]2[C@@H](C=C(Cl)Cl)C2(C)C)n1. The van der Waals surface area contributed by atoms with E-state index in [4.69, 9.17) is 27.9 Å². The van der Waals surface area contributed by atoms with Crippen LogP contribution in [0.4, 0.5) is 0 Å². The van der Waals surface area contributed by atoms with Gasteiger partial charge in [0.05, 0.1) is 18.2 Å². The molecule has 0 aliphatic heterocycles. The second-order valence-corrected chi connectivity index (χ2v) is 7.11. The Balaban J connectivity index is 1.86. The average molecular weight is 331 g/mol. The van der Waals surface area contributed by atoms with Crippen molar-refractivity contribution in [3.63, 3.8) is 0 Å². The first-order valence-corrected chi connectivity index (χ1v) is 7.69. The molecule has 0 bridgehead atoms. The molecule has 0 amide bonds. The topological polar surface area (TPSA) is 44.1 Å². The first kappa shape index (κ1) is 16.4. The minimum atomic E-state index is -0.197. The van der Waals surface area contributed by atoms with Gasteiger partial charge in [0.1, 0.15) is 11.1 Å². The molecular weight excluding hydrogens is 311 g/mol. The van der Waals surface area contributed by atoms with Crippen LogP contribution >= 0.6 is 23.2 Å². The summed E-state index contributed by atoms with van der Waals surface area (Å²) in [5, 5.41) is 4.33. The van der Waals surface area contributed by atoms with Crippen LogP contribution in [0.5, 0.6) is 0 Å². The van der Waals surface area contributed by atoms with E-state index in [1.165, 1.54) is 0 Å². The summed E-state index contributed by atoms with van der Waals surface area (Å²) in [6, 6.07) is 2.00. The van der Waals surface area contributed by atoms with Crippen LogP contribution in [-0.4, -0.2) is 22.4 Å². The van der Waals surface area contributed by atoms with Crippen molar-refractivity contribution >= 4 is 29.2 Å². The molecule has 21 heavy (non-hydrogen) atoms. The van der Waals surface area contributed by atoms with Crippen molar-refractivity contribution in [2.75, 3.05) is 6.61 Å². The van der Waals surface area contributed by atoms with Gasteiger partial charge in [-0.3, -0.25) is 9.48 Å². The van der Waals surface area contributed by atoms with Crippen LogP contribution in [-0.2, 0) is 16.1 Å². The van der Waals surface area contributed by atoms with Crippen molar-refractivity contribution in [2.24, 2.45) is 17.3 Å². The van der Waals surface area contributed by atoms with E-state index in [0.29, 0.717) is 13.2 Å². The summed E-state index contributed by atoms with van der Waals surface area (Å²) >= 11 is 11.4. The second-order valence-electron chi connectivity index (χ2n) is 6.10. The molecular formula is C15H20Cl2N2O2. The zero-order valence-electron chi connectivity index (χ0n) is 12.7. The van der Waals surface area contributed by atoms with Crippen molar-refractivity contribution in [1.82, 2.24) is 9.78 Å². The number of allylic oxidation sites excluding steroid dienone is 1. The Bertz CT molecular complexity index is 574. The van der Waals surface area contributed by atoms with Crippen LogP contribution in [0.1, 0.15) is 25.2 Å². The van der Waals surface area contributed by atoms with Gasteiger partial charge in [-0.15, -0.1) is 0 Å². The first-order chi connectivity index (χ1) is 9.73. The highest BCUT2D eigenvalue weighted by Crippen LogP contribution is 2.60. The monoisotopic (exact) mass is 330 g/mol. The summed E-state index contributed by atoms with van der Waals surface area (Å²) in [4.78, 5) is 12.1. The molecule has 2 rings (SSSR count). The molecule has 6 heteroatoms. The number of esters is 1. The number of halogens is 2. The average Bonchev–Trinajstić information content (AvgIpc) is 2.70. The van der Waals surface area contributed by atoms with Gasteiger partial charge in [-0.2, -0.15) is 5.10 Å². The van der Waals surface area contributed by atoms with Gasteiger partial charge in [0.25, 0.3) is 0 Å². The normalized spacial score (nSPS) is 22.8. The van der Waals surface area contributed by atoms with Crippen LogP contribution in [0, 0.1) is 31.1 Å². The number of aromatic nitrogens is 2. The largest absolute Gasteiger partial charge is 0.463 e. The molecule has 0 spiro atoms. The third-order valence-corrected chi connectivity index (χ3v) is 4.37. The maximum Gasteiger partial charge on any atom is 0.310 e. The highest BCUT2D eigenvalue weighted by atomic mass is 35.5. The van der Waals surface area contributed by atoms with Crippen molar-refractivity contribution in [3.05, 3.63) is 28.0 Å². The molecule has 0 N–H and O–H groups in total. The first-order valence-electron chi connectivity index (χ1n) is 6.94. The third kappa shape index (κ3) is 3.61. The molecule has 1 aromatic rings. The fourth-order valence-electron chi connectivity index (χ4n) is 2.80. The van der Waals surface area contributed by atoms with E-state index in [2.05, 4.69) is 5.10 Å². The number of aryl methyl sites for hydroxylation is 2. The van der Waals surface area contributed by atoms with Gasteiger partial charge in [0.2, 0.25) is 0 Å². The standard InChI is InChI=1S/C15H20Cl2N2O2/c1-9-7-10(2)19(18-9)5-6-21-14(20)13-11(8-12(16)17)15(13,3)4/h7-8,11,13H,5-6H2,1-4H3/t11-,13+/m1/s1. The molecule has 0 radical (unpaired) electrons. The van der Waals surface area contributed by atoms with E-state index in [0.717, 1.165) is 11.4 Å². The number of nitrogens with zero attached hydrogens (tertiary/aromatic N) is 2. The third-order valence-electron chi connectivity index (χ3n) is 4.12. The van der Waals surface area contributed by atoms with E-state index < -0.39 is 0 Å². The van der Waals surface area contributed by atoms with Gasteiger partial charge in [0, 0.05) is 5.69 Å². The van der Waals surface area contributed by atoms with Gasteiger partial charge in [0.15, 0.2) is 0 Å². The van der Waals surface area contributed by atoms with Crippen LogP contribution < -0.4 is 0 Å². The smallest absolute Gasteiger partial charge is 0.310 e. The predicted molar refractivity (Wildman–Crippen MR) is 83.2 cm³/mol. The molecule has 0 unspecified atom stereocenters. The second kappa shape index (κ2) is 6.01. The summed E-state index contributed by atoms with van der Waals surface area (Å²) < 4.78 is 7.41. The lowest BCUT2D eigenvalue weighted by molar-refractivity contribution is -0.146. The Morgan fingerprint density at radius 1 is 1.48 bits per heavy atom. The lowest BCUT2D eigenvalue weighted by Crippen LogP contribution is -2.16. The zero-order valence-corrected chi connectivity index (χ0v) is 14.2. The van der Waals surface area contributed by atoms with Crippen molar-refractivity contribution < 1.29 is 9.53 Å². The number of rotatable bonds is 5.